The first-order chi connectivity index (χ1) is 15.3. The molecule has 1 aromatic heterocycles. The first kappa shape index (κ1) is 23.5. The highest BCUT2D eigenvalue weighted by molar-refractivity contribution is 9.10. The van der Waals surface area contributed by atoms with Crippen molar-refractivity contribution in [3.63, 3.8) is 0 Å². The predicted octanol–water partition coefficient (Wildman–Crippen LogP) is 4.75. The monoisotopic (exact) mass is 555 g/mol. The lowest BCUT2D eigenvalue weighted by Gasteiger charge is -2.09. The van der Waals surface area contributed by atoms with Gasteiger partial charge in [-0.1, -0.05) is 56.1 Å². The molecule has 0 saturated carbocycles. The Kier molecular flexibility index (Phi) is 8.02. The van der Waals surface area contributed by atoms with Crippen molar-refractivity contribution < 1.29 is 9.59 Å². The number of hydrogen-bond acceptors (Lipinski definition) is 5. The summed E-state index contributed by atoms with van der Waals surface area (Å²) in [4.78, 5) is 29.5. The standard InChI is InChI=1S/C23H19Br2N5O2/c1-14-20(22(31)29-26-12-16-3-7-18(24)8-4-16)11-21(15(2)28-14)23(32)30-27-13-17-5-9-19(25)10-6-17/h3-13H,1-2H3,(H,29,31)(H,30,32)/b26-12-,27-13-. The fourth-order valence-corrected chi connectivity index (χ4v) is 3.26. The molecule has 2 amide bonds. The van der Waals surface area contributed by atoms with E-state index in [9.17, 15) is 9.59 Å². The molecule has 32 heavy (non-hydrogen) atoms. The molecule has 1 heterocycles. The van der Waals surface area contributed by atoms with Crippen molar-refractivity contribution in [1.82, 2.24) is 15.8 Å². The molecule has 0 aliphatic heterocycles. The minimum atomic E-state index is -0.462. The van der Waals surface area contributed by atoms with Crippen LogP contribution in [0.5, 0.6) is 0 Å². The number of carbonyl (C=O) groups excluding carboxylic acids is 2. The largest absolute Gasteiger partial charge is 0.273 e. The van der Waals surface area contributed by atoms with Gasteiger partial charge in [0, 0.05) is 8.95 Å². The van der Waals surface area contributed by atoms with E-state index in [2.05, 4.69) is 57.9 Å². The van der Waals surface area contributed by atoms with Crippen LogP contribution in [0.25, 0.3) is 0 Å². The Hall–Kier alpha value is -3.17. The van der Waals surface area contributed by atoms with Gasteiger partial charge < -0.3 is 0 Å². The Bertz CT molecular complexity index is 1100. The van der Waals surface area contributed by atoms with Gasteiger partial charge in [-0.3, -0.25) is 14.6 Å². The van der Waals surface area contributed by atoms with Gasteiger partial charge in [-0.2, -0.15) is 10.2 Å². The molecule has 7 nitrogen and oxygen atoms in total. The van der Waals surface area contributed by atoms with Crippen molar-refractivity contribution in [3.05, 3.63) is 97.2 Å². The van der Waals surface area contributed by atoms with Crippen LogP contribution in [0.2, 0.25) is 0 Å². The van der Waals surface area contributed by atoms with Crippen LogP contribution in [0.4, 0.5) is 0 Å². The van der Waals surface area contributed by atoms with E-state index in [0.717, 1.165) is 20.1 Å². The van der Waals surface area contributed by atoms with Gasteiger partial charge in [-0.25, -0.2) is 10.9 Å². The summed E-state index contributed by atoms with van der Waals surface area (Å²) < 4.78 is 1.90. The number of pyridine rings is 1. The number of nitrogens with zero attached hydrogens (tertiary/aromatic N) is 3. The number of nitrogens with one attached hydrogen (secondary N) is 2. The predicted molar refractivity (Wildman–Crippen MR) is 132 cm³/mol. The van der Waals surface area contributed by atoms with Gasteiger partial charge in [-0.15, -0.1) is 0 Å². The summed E-state index contributed by atoms with van der Waals surface area (Å²) in [6.45, 7) is 3.40. The minimum Gasteiger partial charge on any atom is -0.267 e. The van der Waals surface area contributed by atoms with E-state index in [4.69, 9.17) is 0 Å². The number of aromatic nitrogens is 1. The molecule has 0 aliphatic carbocycles. The van der Waals surface area contributed by atoms with E-state index in [-0.39, 0.29) is 11.1 Å². The van der Waals surface area contributed by atoms with Gasteiger partial charge in [0.15, 0.2) is 0 Å². The highest BCUT2D eigenvalue weighted by atomic mass is 79.9. The molecule has 0 bridgehead atoms. The number of carbonyl (C=O) groups is 2. The Morgan fingerprint density at radius 1 is 0.750 bits per heavy atom. The van der Waals surface area contributed by atoms with Crippen molar-refractivity contribution in [2.45, 2.75) is 13.8 Å². The van der Waals surface area contributed by atoms with E-state index in [1.807, 2.05) is 48.5 Å². The van der Waals surface area contributed by atoms with Crippen LogP contribution in [0, 0.1) is 13.8 Å². The average Bonchev–Trinajstić information content (AvgIpc) is 2.76. The Balaban J connectivity index is 1.69. The first-order valence-corrected chi connectivity index (χ1v) is 11.1. The summed E-state index contributed by atoms with van der Waals surface area (Å²) in [6.07, 6.45) is 3.07. The Morgan fingerprint density at radius 2 is 1.12 bits per heavy atom. The summed E-state index contributed by atoms with van der Waals surface area (Å²) in [6, 6.07) is 16.4. The van der Waals surface area contributed by atoms with Crippen LogP contribution in [0.3, 0.4) is 0 Å². The Morgan fingerprint density at radius 3 is 1.50 bits per heavy atom. The van der Waals surface area contributed by atoms with Crippen molar-refractivity contribution in [2.75, 3.05) is 0 Å². The fraction of sp³-hybridized carbons (Fsp3) is 0.0870. The molecule has 0 spiro atoms. The molecule has 0 unspecified atom stereocenters. The highest BCUT2D eigenvalue weighted by Crippen LogP contribution is 2.14. The van der Waals surface area contributed by atoms with E-state index in [0.29, 0.717) is 11.4 Å². The number of benzene rings is 2. The Labute approximate surface area is 202 Å². The number of halogens is 2. The fourth-order valence-electron chi connectivity index (χ4n) is 2.73. The molecule has 2 aromatic carbocycles. The van der Waals surface area contributed by atoms with E-state index in [1.54, 1.807) is 13.8 Å². The van der Waals surface area contributed by atoms with Gasteiger partial charge in [0.2, 0.25) is 0 Å². The molecule has 3 aromatic rings. The maximum atomic E-state index is 12.6. The first-order valence-electron chi connectivity index (χ1n) is 9.49. The second-order valence-corrected chi connectivity index (χ2v) is 8.59. The third-order valence-electron chi connectivity index (χ3n) is 4.39. The lowest BCUT2D eigenvalue weighted by atomic mass is 10.1. The average molecular weight is 557 g/mol. The number of hydrazone groups is 2. The maximum Gasteiger partial charge on any atom is 0.273 e. The van der Waals surface area contributed by atoms with Crippen LogP contribution in [0.15, 0.2) is 73.7 Å². The summed E-state index contributed by atoms with van der Waals surface area (Å²) >= 11 is 6.73. The summed E-state index contributed by atoms with van der Waals surface area (Å²) in [5, 5.41) is 7.96. The van der Waals surface area contributed by atoms with E-state index < -0.39 is 11.8 Å². The van der Waals surface area contributed by atoms with Crippen LogP contribution in [0.1, 0.15) is 43.2 Å². The second kappa shape index (κ2) is 10.9. The van der Waals surface area contributed by atoms with Crippen LogP contribution in [-0.2, 0) is 0 Å². The summed E-state index contributed by atoms with van der Waals surface area (Å²) in [5.41, 5.74) is 8.10. The van der Waals surface area contributed by atoms with Gasteiger partial charge >= 0.3 is 0 Å². The number of hydrogen-bond donors (Lipinski definition) is 2. The molecule has 162 valence electrons. The highest BCUT2D eigenvalue weighted by Gasteiger charge is 2.17. The molecule has 2 N–H and O–H groups in total. The zero-order chi connectivity index (χ0) is 23.1. The molecule has 9 heteroatoms. The van der Waals surface area contributed by atoms with Gasteiger partial charge in [0.1, 0.15) is 0 Å². The molecular formula is C23H19Br2N5O2. The maximum absolute atomic E-state index is 12.6. The molecule has 0 aliphatic rings. The molecule has 0 fully saturated rings. The lowest BCUT2D eigenvalue weighted by molar-refractivity contribution is 0.0954. The van der Waals surface area contributed by atoms with E-state index in [1.165, 1.54) is 18.5 Å². The topological polar surface area (TPSA) is 95.8 Å². The number of aryl methyl sites for hydroxylation is 2. The number of amides is 2. The lowest BCUT2D eigenvalue weighted by Crippen LogP contribution is -2.23. The van der Waals surface area contributed by atoms with Crippen LogP contribution < -0.4 is 10.9 Å². The van der Waals surface area contributed by atoms with Gasteiger partial charge in [0.25, 0.3) is 11.8 Å². The number of rotatable bonds is 6. The molecular weight excluding hydrogens is 538 g/mol. The molecule has 3 rings (SSSR count). The normalized spacial score (nSPS) is 11.1. The molecule has 0 saturated heterocycles. The van der Waals surface area contributed by atoms with Crippen LogP contribution in [-0.4, -0.2) is 29.2 Å². The van der Waals surface area contributed by atoms with E-state index >= 15 is 0 Å². The van der Waals surface area contributed by atoms with Crippen LogP contribution >= 0.6 is 31.9 Å². The van der Waals surface area contributed by atoms with Gasteiger partial charge in [-0.05, 0) is 55.3 Å². The second-order valence-electron chi connectivity index (χ2n) is 6.76. The zero-order valence-corrected chi connectivity index (χ0v) is 20.4. The van der Waals surface area contributed by atoms with Crippen molar-refractivity contribution >= 4 is 56.1 Å². The zero-order valence-electron chi connectivity index (χ0n) is 17.3. The third-order valence-corrected chi connectivity index (χ3v) is 5.45. The molecule has 0 atom stereocenters. The minimum absolute atomic E-state index is 0.255. The SMILES string of the molecule is Cc1nc(C)c(C(=O)N/N=C\c2ccc(Br)cc2)cc1C(=O)N/N=C\c1ccc(Br)cc1. The van der Waals surface area contributed by atoms with Crippen molar-refractivity contribution in [3.8, 4) is 0 Å². The summed E-state index contributed by atoms with van der Waals surface area (Å²) in [5.74, 6) is -0.924. The molecule has 0 radical (unpaired) electrons. The smallest absolute Gasteiger partial charge is 0.267 e. The third kappa shape index (κ3) is 6.41. The van der Waals surface area contributed by atoms with Gasteiger partial charge in [0.05, 0.1) is 34.9 Å². The summed E-state index contributed by atoms with van der Waals surface area (Å²) in [7, 11) is 0. The van der Waals surface area contributed by atoms with Crippen molar-refractivity contribution in [1.29, 1.82) is 0 Å². The van der Waals surface area contributed by atoms with Crippen molar-refractivity contribution in [2.24, 2.45) is 10.2 Å². The quantitative estimate of drug-likeness (QED) is 0.339.